The molecule has 0 spiro atoms. The Morgan fingerprint density at radius 2 is 0.735 bits per heavy atom. The van der Waals surface area contributed by atoms with Crippen molar-refractivity contribution in [3.8, 4) is 67.9 Å². The number of phenols is 3. The lowest BCUT2D eigenvalue weighted by Crippen LogP contribution is -1.99. The Bertz CT molecular complexity index is 2610. The van der Waals surface area contributed by atoms with Crippen molar-refractivity contribution in [2.75, 3.05) is 21.3 Å². The quantitative estimate of drug-likeness (QED) is 0.167. The van der Waals surface area contributed by atoms with Crippen LogP contribution in [0.25, 0.3) is 76.5 Å². The fourth-order valence-corrected chi connectivity index (χ4v) is 7.40. The number of aromatic hydroxyl groups is 3. The van der Waals surface area contributed by atoms with Gasteiger partial charge in [0, 0.05) is 33.4 Å². The van der Waals surface area contributed by atoms with E-state index in [-0.39, 0.29) is 28.7 Å². The third-order valence-corrected chi connectivity index (χ3v) is 9.47. The van der Waals surface area contributed by atoms with Crippen LogP contribution < -0.4 is 14.2 Å². The molecular formula is C43H32O6. The molecule has 3 N–H and O–H groups in total. The van der Waals surface area contributed by atoms with Crippen LogP contribution in [0.2, 0.25) is 0 Å². The molecule has 8 aromatic carbocycles. The molecule has 8 aromatic rings. The molecule has 0 fully saturated rings. The molecular weight excluding hydrogens is 612 g/mol. The summed E-state index contributed by atoms with van der Waals surface area (Å²) in [5, 5.41) is 42.6. The summed E-state index contributed by atoms with van der Waals surface area (Å²) in [6.07, 6.45) is 0. The first-order valence-electron chi connectivity index (χ1n) is 15.9. The van der Waals surface area contributed by atoms with E-state index in [0.717, 1.165) is 43.3 Å². The van der Waals surface area contributed by atoms with Crippen molar-refractivity contribution in [1.29, 1.82) is 0 Å². The van der Waals surface area contributed by atoms with Gasteiger partial charge >= 0.3 is 0 Å². The summed E-state index contributed by atoms with van der Waals surface area (Å²) in [6.45, 7) is 0. The van der Waals surface area contributed by atoms with E-state index in [1.54, 1.807) is 13.2 Å². The second-order valence-electron chi connectivity index (χ2n) is 11.9. The SMILES string of the molecule is COc1ccc2ccccc2c1-c1c(O)c(OC)c(-c2c(O)c(OC)c(-c3c(O)ccc4ccccc34)c3ccccc23)c2ccccc12. The van der Waals surface area contributed by atoms with Crippen LogP contribution >= 0.6 is 0 Å². The standard InChI is InChI=1S/C43H32O6/c1-47-33-23-21-25-13-5-7-15-27(25)35(33)36-28-16-8-11-19-31(28)39(43(49-3)40(36)45)37-29-17-9-10-18-30(29)38(42(48-2)41(37)46)34-26-14-6-4-12-24(26)20-22-32(34)44/h4-23,44-46H,1-3H3. The van der Waals surface area contributed by atoms with Crippen LogP contribution in [0, 0.1) is 0 Å². The number of rotatable bonds is 6. The zero-order chi connectivity index (χ0) is 33.8. The maximum atomic E-state index is 12.4. The summed E-state index contributed by atoms with van der Waals surface area (Å²) in [5.74, 6) is 0.787. The highest BCUT2D eigenvalue weighted by atomic mass is 16.5. The van der Waals surface area contributed by atoms with Gasteiger partial charge in [-0.3, -0.25) is 0 Å². The minimum Gasteiger partial charge on any atom is -0.507 e. The Kier molecular flexibility index (Phi) is 7.15. The molecule has 0 saturated carbocycles. The summed E-state index contributed by atoms with van der Waals surface area (Å²) in [5.41, 5.74) is 3.31. The summed E-state index contributed by atoms with van der Waals surface area (Å²) < 4.78 is 18.0. The highest BCUT2D eigenvalue weighted by molar-refractivity contribution is 6.21. The van der Waals surface area contributed by atoms with Crippen molar-refractivity contribution in [3.05, 3.63) is 121 Å². The molecule has 0 aliphatic rings. The van der Waals surface area contributed by atoms with Gasteiger partial charge in [-0.2, -0.15) is 0 Å². The fraction of sp³-hybridized carbons (Fsp3) is 0.0698. The predicted octanol–water partition coefficient (Wildman–Crippen LogP) is 10.4. The molecule has 0 aliphatic heterocycles. The lowest BCUT2D eigenvalue weighted by molar-refractivity contribution is 0.372. The number of methoxy groups -OCH3 is 3. The van der Waals surface area contributed by atoms with E-state index < -0.39 is 0 Å². The molecule has 240 valence electrons. The summed E-state index contributed by atoms with van der Waals surface area (Å²) >= 11 is 0. The lowest BCUT2D eigenvalue weighted by atomic mass is 9.84. The zero-order valence-corrected chi connectivity index (χ0v) is 27.1. The summed E-state index contributed by atoms with van der Waals surface area (Å²) in [6, 6.07) is 38.6. The molecule has 6 nitrogen and oxygen atoms in total. The molecule has 0 unspecified atom stereocenters. The van der Waals surface area contributed by atoms with Crippen LogP contribution in [0.1, 0.15) is 0 Å². The van der Waals surface area contributed by atoms with Gasteiger partial charge in [0.05, 0.1) is 21.3 Å². The van der Waals surface area contributed by atoms with Gasteiger partial charge in [-0.05, 0) is 55.2 Å². The Balaban J connectivity index is 1.54. The molecule has 0 radical (unpaired) electrons. The van der Waals surface area contributed by atoms with Crippen LogP contribution in [0.5, 0.6) is 34.5 Å². The first kappa shape index (κ1) is 30.0. The number of hydrogen-bond donors (Lipinski definition) is 3. The maximum absolute atomic E-state index is 12.4. The van der Waals surface area contributed by atoms with Crippen LogP contribution in [-0.4, -0.2) is 36.6 Å². The second-order valence-corrected chi connectivity index (χ2v) is 11.9. The Morgan fingerprint density at radius 3 is 1.22 bits per heavy atom. The molecule has 0 amide bonds. The van der Waals surface area contributed by atoms with Crippen molar-refractivity contribution >= 4 is 43.1 Å². The van der Waals surface area contributed by atoms with Gasteiger partial charge in [0.2, 0.25) is 0 Å². The van der Waals surface area contributed by atoms with E-state index >= 15 is 0 Å². The molecule has 0 saturated heterocycles. The van der Waals surface area contributed by atoms with E-state index in [9.17, 15) is 15.3 Å². The average Bonchev–Trinajstić information content (AvgIpc) is 3.14. The number of benzene rings is 8. The van der Waals surface area contributed by atoms with Crippen LogP contribution in [-0.2, 0) is 0 Å². The Hall–Kier alpha value is -6.40. The van der Waals surface area contributed by atoms with E-state index in [1.165, 1.54) is 14.2 Å². The first-order valence-corrected chi connectivity index (χ1v) is 15.9. The predicted molar refractivity (Wildman–Crippen MR) is 197 cm³/mol. The Morgan fingerprint density at radius 1 is 0.347 bits per heavy atom. The third kappa shape index (κ3) is 4.41. The lowest BCUT2D eigenvalue weighted by Gasteiger charge is -2.24. The van der Waals surface area contributed by atoms with Gasteiger partial charge < -0.3 is 29.5 Å². The van der Waals surface area contributed by atoms with Crippen LogP contribution in [0.15, 0.2) is 121 Å². The van der Waals surface area contributed by atoms with Crippen molar-refractivity contribution in [2.45, 2.75) is 0 Å². The highest BCUT2D eigenvalue weighted by Gasteiger charge is 2.31. The van der Waals surface area contributed by atoms with Crippen molar-refractivity contribution in [3.63, 3.8) is 0 Å². The molecule has 6 heteroatoms. The molecule has 0 aromatic heterocycles. The summed E-state index contributed by atoms with van der Waals surface area (Å²) in [7, 11) is 4.63. The van der Waals surface area contributed by atoms with Gasteiger partial charge in [0.1, 0.15) is 11.5 Å². The fourth-order valence-electron chi connectivity index (χ4n) is 7.40. The van der Waals surface area contributed by atoms with Crippen molar-refractivity contribution in [2.24, 2.45) is 0 Å². The summed E-state index contributed by atoms with van der Waals surface area (Å²) in [4.78, 5) is 0. The monoisotopic (exact) mass is 644 g/mol. The normalized spacial score (nSPS) is 11.4. The minimum atomic E-state index is -0.151. The van der Waals surface area contributed by atoms with Crippen LogP contribution in [0.3, 0.4) is 0 Å². The van der Waals surface area contributed by atoms with Gasteiger partial charge in [0.15, 0.2) is 23.0 Å². The molecule has 0 heterocycles. The number of hydrogen-bond acceptors (Lipinski definition) is 6. The number of phenolic OH excluding ortho intramolecular Hbond substituents is 3. The second kappa shape index (κ2) is 11.7. The van der Waals surface area contributed by atoms with Gasteiger partial charge in [-0.25, -0.2) is 0 Å². The molecule has 0 bridgehead atoms. The van der Waals surface area contributed by atoms with Crippen LogP contribution in [0.4, 0.5) is 0 Å². The number of ether oxygens (including phenoxy) is 3. The molecule has 8 rings (SSSR count). The van der Waals surface area contributed by atoms with E-state index in [0.29, 0.717) is 39.0 Å². The highest BCUT2D eigenvalue weighted by Crippen LogP contribution is 2.59. The van der Waals surface area contributed by atoms with Gasteiger partial charge in [0.25, 0.3) is 0 Å². The zero-order valence-electron chi connectivity index (χ0n) is 27.1. The van der Waals surface area contributed by atoms with Crippen molar-refractivity contribution < 1.29 is 29.5 Å². The Labute approximate surface area is 282 Å². The largest absolute Gasteiger partial charge is 0.507 e. The molecule has 49 heavy (non-hydrogen) atoms. The molecule has 0 atom stereocenters. The van der Waals surface area contributed by atoms with Gasteiger partial charge in [-0.1, -0.05) is 109 Å². The van der Waals surface area contributed by atoms with E-state index in [1.807, 2.05) is 115 Å². The topological polar surface area (TPSA) is 88.4 Å². The van der Waals surface area contributed by atoms with E-state index in [4.69, 9.17) is 14.2 Å². The average molecular weight is 645 g/mol. The number of fused-ring (bicyclic) bond motifs is 4. The first-order chi connectivity index (χ1) is 24.0. The third-order valence-electron chi connectivity index (χ3n) is 9.47. The minimum absolute atomic E-state index is 0.0587. The van der Waals surface area contributed by atoms with E-state index in [2.05, 4.69) is 0 Å². The van der Waals surface area contributed by atoms with Gasteiger partial charge in [-0.15, -0.1) is 0 Å². The maximum Gasteiger partial charge on any atom is 0.169 e. The van der Waals surface area contributed by atoms with Crippen molar-refractivity contribution in [1.82, 2.24) is 0 Å². The smallest absolute Gasteiger partial charge is 0.169 e. The molecule has 0 aliphatic carbocycles.